The van der Waals surface area contributed by atoms with E-state index >= 15 is 0 Å². The first kappa shape index (κ1) is 19.5. The number of aryl methyl sites for hydroxylation is 1. The SMILES string of the molecule is Cc1ccc2c(c1)[C@]1(C)C=C(NC(=O)CCN(C)C)C(=O)C[C@@H]1O2.Cl. The van der Waals surface area contributed by atoms with E-state index in [0.717, 1.165) is 16.9 Å². The molecule has 0 fully saturated rings. The summed E-state index contributed by atoms with van der Waals surface area (Å²) in [7, 11) is 3.83. The van der Waals surface area contributed by atoms with Crippen molar-refractivity contribution in [1.82, 2.24) is 10.2 Å². The topological polar surface area (TPSA) is 58.6 Å². The van der Waals surface area contributed by atoms with E-state index in [0.29, 0.717) is 18.7 Å². The normalized spacial score (nSPS) is 24.0. The molecule has 0 aromatic heterocycles. The van der Waals surface area contributed by atoms with Crippen LogP contribution in [0.15, 0.2) is 30.0 Å². The molecular weight excluding hydrogens is 340 g/mol. The van der Waals surface area contributed by atoms with Crippen molar-refractivity contribution in [3.05, 3.63) is 41.1 Å². The predicted octanol–water partition coefficient (Wildman–Crippen LogP) is 2.36. The summed E-state index contributed by atoms with van der Waals surface area (Å²) >= 11 is 0. The Bertz CT molecular complexity index is 729. The highest BCUT2D eigenvalue weighted by molar-refractivity contribution is 6.00. The summed E-state index contributed by atoms with van der Waals surface area (Å²) in [6.45, 7) is 4.76. The monoisotopic (exact) mass is 364 g/mol. The molecule has 5 nitrogen and oxygen atoms in total. The number of amides is 1. The molecule has 1 aromatic rings. The Balaban J connectivity index is 0.00000225. The van der Waals surface area contributed by atoms with E-state index in [1.165, 1.54) is 0 Å². The van der Waals surface area contributed by atoms with Crippen LogP contribution >= 0.6 is 12.4 Å². The number of ketones is 1. The Hall–Kier alpha value is -1.85. The van der Waals surface area contributed by atoms with Crippen molar-refractivity contribution in [2.45, 2.75) is 38.2 Å². The average Bonchev–Trinajstić information content (AvgIpc) is 2.78. The Morgan fingerprint density at radius 3 is 2.80 bits per heavy atom. The third-order valence-electron chi connectivity index (χ3n) is 4.83. The van der Waals surface area contributed by atoms with Gasteiger partial charge in [-0.05, 0) is 40.1 Å². The minimum atomic E-state index is -0.389. The Morgan fingerprint density at radius 2 is 2.12 bits per heavy atom. The summed E-state index contributed by atoms with van der Waals surface area (Å²) in [5.41, 5.74) is 2.25. The summed E-state index contributed by atoms with van der Waals surface area (Å²) in [5, 5.41) is 2.80. The number of nitrogens with zero attached hydrogens (tertiary/aromatic N) is 1. The molecular formula is C19H25ClN2O3. The van der Waals surface area contributed by atoms with Gasteiger partial charge in [0.1, 0.15) is 11.9 Å². The van der Waals surface area contributed by atoms with Crippen molar-refractivity contribution in [3.63, 3.8) is 0 Å². The second-order valence-corrected chi connectivity index (χ2v) is 7.18. The smallest absolute Gasteiger partial charge is 0.225 e. The molecule has 0 spiro atoms. The van der Waals surface area contributed by atoms with Crippen LogP contribution in [-0.2, 0) is 15.0 Å². The molecule has 1 aliphatic heterocycles. The second kappa shape index (κ2) is 7.18. The zero-order valence-corrected chi connectivity index (χ0v) is 15.9. The molecule has 0 saturated carbocycles. The number of hydrogen-bond donors (Lipinski definition) is 1. The van der Waals surface area contributed by atoms with E-state index in [-0.39, 0.29) is 42.0 Å². The quantitative estimate of drug-likeness (QED) is 0.891. The van der Waals surface area contributed by atoms with Gasteiger partial charge in [0.05, 0.1) is 17.5 Å². The maximum absolute atomic E-state index is 12.4. The molecule has 2 aliphatic rings. The number of fused-ring (bicyclic) bond motifs is 3. The van der Waals surface area contributed by atoms with Crippen LogP contribution in [0.3, 0.4) is 0 Å². The fraction of sp³-hybridized carbons (Fsp3) is 0.474. The fourth-order valence-electron chi connectivity index (χ4n) is 3.34. The summed E-state index contributed by atoms with van der Waals surface area (Å²) in [5.74, 6) is 0.631. The molecule has 1 aliphatic carbocycles. The first-order valence-corrected chi connectivity index (χ1v) is 8.28. The molecule has 2 atom stereocenters. The van der Waals surface area contributed by atoms with Gasteiger partial charge in [0.25, 0.3) is 0 Å². The minimum absolute atomic E-state index is 0. The van der Waals surface area contributed by atoms with Gasteiger partial charge in [0.2, 0.25) is 5.91 Å². The first-order chi connectivity index (χ1) is 11.3. The van der Waals surface area contributed by atoms with Crippen LogP contribution in [0, 0.1) is 6.92 Å². The summed E-state index contributed by atoms with van der Waals surface area (Å²) in [6, 6.07) is 6.07. The van der Waals surface area contributed by atoms with Gasteiger partial charge in [0, 0.05) is 18.5 Å². The van der Waals surface area contributed by atoms with Crippen LogP contribution in [0.5, 0.6) is 5.75 Å². The van der Waals surface area contributed by atoms with Crippen LogP contribution < -0.4 is 10.1 Å². The van der Waals surface area contributed by atoms with E-state index < -0.39 is 0 Å². The van der Waals surface area contributed by atoms with Crippen LogP contribution in [0.4, 0.5) is 0 Å². The third kappa shape index (κ3) is 3.72. The van der Waals surface area contributed by atoms with Crippen molar-refractivity contribution in [2.24, 2.45) is 0 Å². The van der Waals surface area contributed by atoms with E-state index in [4.69, 9.17) is 4.74 Å². The zero-order valence-electron chi connectivity index (χ0n) is 15.1. The average molecular weight is 365 g/mol. The number of halogens is 1. The highest BCUT2D eigenvalue weighted by Crippen LogP contribution is 2.47. The van der Waals surface area contributed by atoms with Gasteiger partial charge >= 0.3 is 0 Å². The number of hydrogen-bond acceptors (Lipinski definition) is 4. The summed E-state index contributed by atoms with van der Waals surface area (Å²) in [4.78, 5) is 26.4. The first-order valence-electron chi connectivity index (χ1n) is 8.28. The molecule has 0 bridgehead atoms. The number of benzene rings is 1. The van der Waals surface area contributed by atoms with Crippen LogP contribution in [-0.4, -0.2) is 43.3 Å². The Morgan fingerprint density at radius 1 is 1.40 bits per heavy atom. The number of carbonyl (C=O) groups is 2. The molecule has 25 heavy (non-hydrogen) atoms. The number of carbonyl (C=O) groups excluding carboxylic acids is 2. The van der Waals surface area contributed by atoms with Crippen LogP contribution in [0.2, 0.25) is 0 Å². The Kier molecular flexibility index (Phi) is 5.59. The van der Waals surface area contributed by atoms with Gasteiger partial charge in [-0.15, -0.1) is 12.4 Å². The summed E-state index contributed by atoms with van der Waals surface area (Å²) < 4.78 is 5.99. The number of allylic oxidation sites excluding steroid dienone is 1. The van der Waals surface area contributed by atoms with Gasteiger partial charge in [-0.25, -0.2) is 0 Å². The van der Waals surface area contributed by atoms with E-state index in [1.54, 1.807) is 0 Å². The molecule has 0 radical (unpaired) electrons. The highest BCUT2D eigenvalue weighted by atomic mass is 35.5. The molecule has 1 heterocycles. The minimum Gasteiger partial charge on any atom is -0.488 e. The maximum atomic E-state index is 12.4. The van der Waals surface area contributed by atoms with Gasteiger partial charge in [-0.2, -0.15) is 0 Å². The van der Waals surface area contributed by atoms with Crippen molar-refractivity contribution < 1.29 is 14.3 Å². The molecule has 1 aromatic carbocycles. The van der Waals surface area contributed by atoms with Crippen LogP contribution in [0.1, 0.15) is 30.9 Å². The van der Waals surface area contributed by atoms with E-state index in [1.807, 2.05) is 44.1 Å². The van der Waals surface area contributed by atoms with Crippen molar-refractivity contribution >= 4 is 24.1 Å². The van der Waals surface area contributed by atoms with E-state index in [2.05, 4.69) is 18.3 Å². The maximum Gasteiger partial charge on any atom is 0.225 e. The van der Waals surface area contributed by atoms with Crippen LogP contribution in [0.25, 0.3) is 0 Å². The van der Waals surface area contributed by atoms with E-state index in [9.17, 15) is 9.59 Å². The molecule has 3 rings (SSSR count). The number of ether oxygens (including phenoxy) is 1. The van der Waals surface area contributed by atoms with Gasteiger partial charge in [-0.3, -0.25) is 9.59 Å². The molecule has 0 saturated heterocycles. The lowest BCUT2D eigenvalue weighted by atomic mass is 9.73. The van der Waals surface area contributed by atoms with Crippen molar-refractivity contribution in [1.29, 1.82) is 0 Å². The van der Waals surface area contributed by atoms with Gasteiger partial charge < -0.3 is 15.0 Å². The molecule has 0 unspecified atom stereocenters. The zero-order chi connectivity index (χ0) is 17.5. The lowest BCUT2D eigenvalue weighted by Crippen LogP contribution is -2.43. The van der Waals surface area contributed by atoms with Gasteiger partial charge in [0.15, 0.2) is 5.78 Å². The largest absolute Gasteiger partial charge is 0.488 e. The number of nitrogens with one attached hydrogen (secondary N) is 1. The molecule has 1 amide bonds. The Labute approximate surface area is 154 Å². The lowest BCUT2D eigenvalue weighted by Gasteiger charge is -2.32. The third-order valence-corrected chi connectivity index (χ3v) is 4.83. The van der Waals surface area contributed by atoms with Crippen molar-refractivity contribution in [2.75, 3.05) is 20.6 Å². The fourth-order valence-corrected chi connectivity index (χ4v) is 3.34. The number of Topliss-reactive ketones (excluding diaryl/α,β-unsaturated/α-hetero) is 1. The highest BCUT2D eigenvalue weighted by Gasteiger charge is 2.48. The second-order valence-electron chi connectivity index (χ2n) is 7.18. The standard InChI is InChI=1S/C19H24N2O3.ClH/c1-12-5-6-16-13(9-12)19(2)11-14(15(22)10-17(19)24-16)20-18(23)7-8-21(3)4;/h5-6,9,11,17H,7-8,10H2,1-4H3,(H,20,23);1H/t17-,19-;/m0./s1. The number of rotatable bonds is 4. The van der Waals surface area contributed by atoms with Crippen molar-refractivity contribution in [3.8, 4) is 5.75 Å². The molecule has 136 valence electrons. The summed E-state index contributed by atoms with van der Waals surface area (Å²) in [6.07, 6.45) is 2.32. The lowest BCUT2D eigenvalue weighted by molar-refractivity contribution is -0.124. The van der Waals surface area contributed by atoms with Gasteiger partial charge in [-0.1, -0.05) is 17.7 Å². The molecule has 6 heteroatoms. The predicted molar refractivity (Wildman–Crippen MR) is 99.2 cm³/mol. The molecule has 1 N–H and O–H groups in total.